The highest BCUT2D eigenvalue weighted by atomic mass is 19.1. The lowest BCUT2D eigenvalue weighted by atomic mass is 10.00. The summed E-state index contributed by atoms with van der Waals surface area (Å²) in [6.07, 6.45) is 1.73. The fraction of sp³-hybridized carbons (Fsp3) is 0.263. The van der Waals surface area contributed by atoms with E-state index in [1.54, 1.807) is 17.0 Å². The Bertz CT molecular complexity index is 801. The van der Waals surface area contributed by atoms with Crippen molar-refractivity contribution in [2.24, 2.45) is 5.16 Å². The molecule has 1 amide bonds. The molecule has 2 aromatic rings. The Morgan fingerprint density at radius 3 is 2.79 bits per heavy atom. The maximum atomic E-state index is 13.0. The van der Waals surface area contributed by atoms with Crippen molar-refractivity contribution in [3.8, 4) is 0 Å². The van der Waals surface area contributed by atoms with E-state index in [1.165, 1.54) is 17.7 Å². The number of carbonyl (C=O) groups is 1. The maximum absolute atomic E-state index is 13.0. The van der Waals surface area contributed by atoms with Crippen LogP contribution in [0.25, 0.3) is 0 Å². The molecule has 4 nitrogen and oxygen atoms in total. The van der Waals surface area contributed by atoms with Crippen LogP contribution in [0.2, 0.25) is 0 Å². The highest BCUT2D eigenvalue weighted by Gasteiger charge is 2.34. The summed E-state index contributed by atoms with van der Waals surface area (Å²) in [6, 6.07) is 14.0. The number of anilines is 1. The van der Waals surface area contributed by atoms with Crippen molar-refractivity contribution < 1.29 is 14.0 Å². The van der Waals surface area contributed by atoms with Gasteiger partial charge in [-0.25, -0.2) is 4.39 Å². The zero-order chi connectivity index (χ0) is 16.5. The molecule has 2 aliphatic rings. The summed E-state index contributed by atoms with van der Waals surface area (Å²) in [5.41, 5.74) is 3.62. The molecule has 2 heterocycles. The van der Waals surface area contributed by atoms with Crippen LogP contribution >= 0.6 is 0 Å². The molecule has 4 rings (SSSR count). The van der Waals surface area contributed by atoms with Gasteiger partial charge in [0.2, 0.25) is 6.10 Å². The third-order valence-electron chi connectivity index (χ3n) is 4.50. The Balaban J connectivity index is 1.50. The Hall–Kier alpha value is -2.69. The number of amides is 1. The van der Waals surface area contributed by atoms with Crippen LogP contribution in [0.3, 0.4) is 0 Å². The molecule has 0 aromatic heterocycles. The lowest BCUT2D eigenvalue weighted by molar-refractivity contribution is -0.128. The number of fused-ring (bicyclic) bond motifs is 1. The van der Waals surface area contributed by atoms with Crippen molar-refractivity contribution in [2.45, 2.75) is 25.4 Å². The standard InChI is InChI=1S/C19H17FN2O2/c20-15-9-7-13(8-10-15)16-12-18(24-21-16)19(23)22-11-3-5-14-4-1-2-6-17(14)22/h1-2,4,6-10,18H,3,5,11-12H2. The summed E-state index contributed by atoms with van der Waals surface area (Å²) in [6.45, 7) is 0.696. The van der Waals surface area contributed by atoms with Crippen molar-refractivity contribution in [1.82, 2.24) is 0 Å². The van der Waals surface area contributed by atoms with Crippen molar-refractivity contribution in [3.05, 3.63) is 65.5 Å². The van der Waals surface area contributed by atoms with E-state index < -0.39 is 6.10 Å². The lowest BCUT2D eigenvalue weighted by Crippen LogP contribution is -2.42. The second-order valence-electron chi connectivity index (χ2n) is 6.07. The molecule has 5 heteroatoms. The number of rotatable bonds is 2. The molecular formula is C19H17FN2O2. The number of para-hydroxylation sites is 1. The Labute approximate surface area is 139 Å². The average molecular weight is 324 g/mol. The van der Waals surface area contributed by atoms with Crippen molar-refractivity contribution in [1.29, 1.82) is 0 Å². The molecule has 24 heavy (non-hydrogen) atoms. The SMILES string of the molecule is O=C(C1CC(c2ccc(F)cc2)=NO1)N1CCCc2ccccc21. The van der Waals surface area contributed by atoms with Gasteiger partial charge in [-0.3, -0.25) is 4.79 Å². The lowest BCUT2D eigenvalue weighted by Gasteiger charge is -2.30. The summed E-state index contributed by atoms with van der Waals surface area (Å²) in [4.78, 5) is 20.0. The molecule has 1 atom stereocenters. The van der Waals surface area contributed by atoms with E-state index in [-0.39, 0.29) is 11.7 Å². The van der Waals surface area contributed by atoms with E-state index in [0.717, 1.165) is 24.1 Å². The molecule has 2 aromatic carbocycles. The van der Waals surface area contributed by atoms with Gasteiger partial charge in [-0.05, 0) is 42.2 Å². The van der Waals surface area contributed by atoms with E-state index >= 15 is 0 Å². The number of halogens is 1. The van der Waals surface area contributed by atoms with Crippen LogP contribution in [0, 0.1) is 5.82 Å². The molecule has 0 spiro atoms. The van der Waals surface area contributed by atoms with Gasteiger partial charge in [-0.2, -0.15) is 0 Å². The third-order valence-corrected chi connectivity index (χ3v) is 4.50. The van der Waals surface area contributed by atoms with Gasteiger partial charge in [-0.1, -0.05) is 35.5 Å². The zero-order valence-corrected chi connectivity index (χ0v) is 13.1. The molecule has 0 fully saturated rings. The molecule has 0 N–H and O–H groups in total. The molecule has 1 unspecified atom stereocenters. The average Bonchev–Trinajstić information content (AvgIpc) is 3.11. The van der Waals surface area contributed by atoms with Gasteiger partial charge in [0, 0.05) is 18.7 Å². The highest BCUT2D eigenvalue weighted by molar-refractivity contribution is 6.07. The van der Waals surface area contributed by atoms with E-state index in [4.69, 9.17) is 4.84 Å². The van der Waals surface area contributed by atoms with E-state index in [9.17, 15) is 9.18 Å². The molecular weight excluding hydrogens is 307 g/mol. The fourth-order valence-electron chi connectivity index (χ4n) is 3.26. The second-order valence-corrected chi connectivity index (χ2v) is 6.07. The van der Waals surface area contributed by atoms with Crippen LogP contribution in [-0.2, 0) is 16.1 Å². The molecule has 0 aliphatic carbocycles. The van der Waals surface area contributed by atoms with Gasteiger partial charge in [0.15, 0.2) is 0 Å². The first kappa shape index (κ1) is 14.9. The normalized spacial score (nSPS) is 19.5. The minimum atomic E-state index is -0.615. The van der Waals surface area contributed by atoms with Crippen LogP contribution in [-0.4, -0.2) is 24.3 Å². The van der Waals surface area contributed by atoms with Crippen LogP contribution in [0.5, 0.6) is 0 Å². The van der Waals surface area contributed by atoms with Crippen LogP contribution < -0.4 is 4.90 Å². The Morgan fingerprint density at radius 1 is 1.17 bits per heavy atom. The second kappa shape index (κ2) is 6.07. The molecule has 0 radical (unpaired) electrons. The first-order valence-corrected chi connectivity index (χ1v) is 8.10. The molecule has 2 aliphatic heterocycles. The smallest absolute Gasteiger partial charge is 0.271 e. The summed E-state index contributed by atoms with van der Waals surface area (Å²) >= 11 is 0. The number of benzene rings is 2. The van der Waals surface area contributed by atoms with Gasteiger partial charge < -0.3 is 9.74 Å². The summed E-state index contributed by atoms with van der Waals surface area (Å²) < 4.78 is 13.0. The zero-order valence-electron chi connectivity index (χ0n) is 13.1. The van der Waals surface area contributed by atoms with Crippen molar-refractivity contribution in [3.63, 3.8) is 0 Å². The molecule has 0 saturated carbocycles. The number of aryl methyl sites for hydroxylation is 1. The summed E-state index contributed by atoms with van der Waals surface area (Å²) in [5.74, 6) is -0.362. The Kier molecular flexibility index (Phi) is 3.76. The number of hydrogen-bond donors (Lipinski definition) is 0. The van der Waals surface area contributed by atoms with E-state index in [1.807, 2.05) is 18.2 Å². The van der Waals surface area contributed by atoms with Gasteiger partial charge in [0.05, 0.1) is 5.71 Å². The maximum Gasteiger partial charge on any atom is 0.271 e. The largest absolute Gasteiger partial charge is 0.382 e. The van der Waals surface area contributed by atoms with Gasteiger partial charge in [0.1, 0.15) is 5.82 Å². The number of nitrogens with zero attached hydrogens (tertiary/aromatic N) is 2. The van der Waals surface area contributed by atoms with Gasteiger partial charge in [-0.15, -0.1) is 0 Å². The predicted octanol–water partition coefficient (Wildman–Crippen LogP) is 3.30. The molecule has 0 saturated heterocycles. The van der Waals surface area contributed by atoms with Crippen LogP contribution in [0.4, 0.5) is 10.1 Å². The third kappa shape index (κ3) is 2.66. The molecule has 0 bridgehead atoms. The highest BCUT2D eigenvalue weighted by Crippen LogP contribution is 2.29. The van der Waals surface area contributed by atoms with Gasteiger partial charge >= 0.3 is 0 Å². The topological polar surface area (TPSA) is 41.9 Å². The monoisotopic (exact) mass is 324 g/mol. The van der Waals surface area contributed by atoms with Crippen LogP contribution in [0.1, 0.15) is 24.0 Å². The van der Waals surface area contributed by atoms with Crippen LogP contribution in [0.15, 0.2) is 53.7 Å². The molecule has 122 valence electrons. The van der Waals surface area contributed by atoms with Crippen molar-refractivity contribution >= 4 is 17.3 Å². The minimum absolute atomic E-state index is 0.0667. The Morgan fingerprint density at radius 2 is 1.96 bits per heavy atom. The number of hydrogen-bond acceptors (Lipinski definition) is 3. The van der Waals surface area contributed by atoms with Gasteiger partial charge in [0.25, 0.3) is 5.91 Å². The predicted molar refractivity (Wildman–Crippen MR) is 89.5 cm³/mol. The van der Waals surface area contributed by atoms with Crippen molar-refractivity contribution in [2.75, 3.05) is 11.4 Å². The van der Waals surface area contributed by atoms with E-state index in [2.05, 4.69) is 11.2 Å². The van der Waals surface area contributed by atoms with E-state index in [0.29, 0.717) is 18.7 Å². The fourth-order valence-corrected chi connectivity index (χ4v) is 3.26. The number of carbonyl (C=O) groups excluding carboxylic acids is 1. The first-order chi connectivity index (χ1) is 11.7. The summed E-state index contributed by atoms with van der Waals surface area (Å²) in [7, 11) is 0. The first-order valence-electron chi connectivity index (χ1n) is 8.10. The minimum Gasteiger partial charge on any atom is -0.382 e. The summed E-state index contributed by atoms with van der Waals surface area (Å²) in [5, 5.41) is 4.04. The quantitative estimate of drug-likeness (QED) is 0.850. The number of oxime groups is 1.